The van der Waals surface area contributed by atoms with Crippen molar-refractivity contribution in [1.82, 2.24) is 0 Å². The summed E-state index contributed by atoms with van der Waals surface area (Å²) in [5, 5.41) is 8.57. The molecular weight excluding hydrogens is 160 g/mol. The van der Waals surface area contributed by atoms with Crippen molar-refractivity contribution in [3.05, 3.63) is 0 Å². The molecule has 1 N–H and O–H groups in total. The number of carbonyl (C=O) groups is 2. The highest BCUT2D eigenvalue weighted by molar-refractivity contribution is 5.76. The first-order chi connectivity index (χ1) is 4.57. The van der Waals surface area contributed by atoms with E-state index >= 15 is 0 Å². The Hall–Kier alpha value is -0.900. The fraction of sp³-hybridized carbons (Fsp3) is 0.750. The lowest BCUT2D eigenvalue weighted by atomic mass is 10.4. The Morgan fingerprint density at radius 3 is 2.08 bits per heavy atom. The highest BCUT2D eigenvalue weighted by atomic mass is 16.6. The number of hydrogen-bond donors (Lipinski definition) is 1. The molecule has 2 atom stereocenters. The Morgan fingerprint density at radius 2 is 1.83 bits per heavy atom. The van der Waals surface area contributed by atoms with Crippen molar-refractivity contribution in [2.24, 2.45) is 0 Å². The average molecular weight is 178 g/mol. The first-order valence-corrected chi connectivity index (χ1v) is 2.91. The summed E-state index contributed by atoms with van der Waals surface area (Å²) >= 11 is 0. The van der Waals surface area contributed by atoms with Gasteiger partial charge < -0.3 is 9.84 Å². The summed E-state index contributed by atoms with van der Waals surface area (Å²) in [7, 11) is 0. The van der Waals surface area contributed by atoms with E-state index in [1.54, 1.807) is 0 Å². The van der Waals surface area contributed by atoms with Crippen molar-refractivity contribution < 1.29 is 19.4 Å². The van der Waals surface area contributed by atoms with Crippen LogP contribution in [0.15, 0.2) is 0 Å². The fourth-order valence-corrected chi connectivity index (χ4v) is 0.309. The van der Waals surface area contributed by atoms with Gasteiger partial charge in [-0.25, -0.2) is 4.79 Å². The summed E-state index contributed by atoms with van der Waals surface area (Å²) in [6, 6.07) is 0. The van der Waals surface area contributed by atoms with Crippen LogP contribution in [0.4, 0.5) is 0 Å². The number of ether oxygens (including phenoxy) is 1. The fourth-order valence-electron chi connectivity index (χ4n) is 0.309. The van der Waals surface area contributed by atoms with Crippen molar-refractivity contribution in [3.63, 3.8) is 0 Å². The summed E-state index contributed by atoms with van der Waals surface area (Å²) in [6.45, 7) is 2.70. The van der Waals surface area contributed by atoms with Gasteiger partial charge in [-0.1, -0.05) is 14.9 Å². The molecule has 4 heteroatoms. The van der Waals surface area contributed by atoms with Crippen molar-refractivity contribution >= 4 is 12.3 Å². The summed E-state index contributed by atoms with van der Waals surface area (Å²) in [4.78, 5) is 20.4. The summed E-state index contributed by atoms with van der Waals surface area (Å²) < 4.78 is 4.40. The summed E-state index contributed by atoms with van der Waals surface area (Å²) in [5.41, 5.74) is 0. The van der Waals surface area contributed by atoms with Gasteiger partial charge in [-0.3, -0.25) is 4.79 Å². The lowest BCUT2D eigenvalue weighted by molar-refractivity contribution is -0.158. The van der Waals surface area contributed by atoms with Crippen LogP contribution in [-0.4, -0.2) is 29.6 Å². The smallest absolute Gasteiger partial charge is 0.335 e. The van der Waals surface area contributed by atoms with Gasteiger partial charge in [0.15, 0.2) is 12.4 Å². The predicted octanol–water partition coefficient (Wildman–Crippen LogP) is 0.770. The Kier molecular flexibility index (Phi) is 11.8. The summed E-state index contributed by atoms with van der Waals surface area (Å²) in [6.07, 6.45) is -1.45. The molecule has 0 saturated carbocycles. The third-order valence-electron chi connectivity index (χ3n) is 0.835. The molecule has 0 aliphatic carbocycles. The molecule has 0 saturated heterocycles. The molecule has 12 heavy (non-hydrogen) atoms. The van der Waals surface area contributed by atoms with Crippen LogP contribution in [0.5, 0.6) is 0 Å². The number of aliphatic hydroxyl groups excluding tert-OH is 1. The predicted molar refractivity (Wildman–Crippen MR) is 46.8 cm³/mol. The zero-order valence-electron chi connectivity index (χ0n) is 5.90. The Morgan fingerprint density at radius 1 is 1.42 bits per heavy atom. The largest absolute Gasteiger partial charge is 0.453 e. The van der Waals surface area contributed by atoms with Crippen LogP contribution in [0.3, 0.4) is 0 Å². The topological polar surface area (TPSA) is 63.6 Å². The van der Waals surface area contributed by atoms with E-state index in [-0.39, 0.29) is 14.9 Å². The highest BCUT2D eigenvalue weighted by Crippen LogP contribution is 1.91. The molecule has 0 heterocycles. The Labute approximate surface area is 73.5 Å². The molecule has 0 aliphatic rings. The van der Waals surface area contributed by atoms with E-state index in [4.69, 9.17) is 5.11 Å². The van der Waals surface area contributed by atoms with Gasteiger partial charge in [0.2, 0.25) is 0 Å². The Bertz CT molecular complexity index is 131. The standard InChI is InChI=1S/C6H10O4.2CH4/c1-4(3-7)10-6(9)5(2)8;;/h3-5,8H,1-2H3;2*1H4. The van der Waals surface area contributed by atoms with E-state index in [2.05, 4.69) is 4.74 Å². The van der Waals surface area contributed by atoms with Crippen molar-refractivity contribution in [2.45, 2.75) is 40.9 Å². The maximum absolute atomic E-state index is 10.5. The number of rotatable bonds is 3. The van der Waals surface area contributed by atoms with E-state index in [1.165, 1.54) is 13.8 Å². The lowest BCUT2D eigenvalue weighted by Gasteiger charge is -2.07. The SMILES string of the molecule is C.C.CC(C=O)OC(=O)C(C)O. The third-order valence-corrected chi connectivity index (χ3v) is 0.835. The molecule has 4 nitrogen and oxygen atoms in total. The third kappa shape index (κ3) is 7.21. The maximum Gasteiger partial charge on any atom is 0.335 e. The van der Waals surface area contributed by atoms with E-state index in [0.717, 1.165) is 0 Å². The minimum Gasteiger partial charge on any atom is -0.453 e. The van der Waals surface area contributed by atoms with Crippen LogP contribution in [0.25, 0.3) is 0 Å². The van der Waals surface area contributed by atoms with Crippen molar-refractivity contribution in [2.75, 3.05) is 0 Å². The van der Waals surface area contributed by atoms with Gasteiger partial charge in [0, 0.05) is 0 Å². The van der Waals surface area contributed by atoms with Crippen molar-refractivity contribution in [3.8, 4) is 0 Å². The number of esters is 1. The van der Waals surface area contributed by atoms with Gasteiger partial charge in [0.25, 0.3) is 0 Å². The van der Waals surface area contributed by atoms with Crippen LogP contribution in [0.1, 0.15) is 28.7 Å². The highest BCUT2D eigenvalue weighted by Gasteiger charge is 2.12. The molecule has 0 rings (SSSR count). The second-order valence-electron chi connectivity index (χ2n) is 1.95. The van der Waals surface area contributed by atoms with Gasteiger partial charge in [0.1, 0.15) is 6.10 Å². The lowest BCUT2D eigenvalue weighted by Crippen LogP contribution is -2.24. The molecule has 2 unspecified atom stereocenters. The first kappa shape index (κ1) is 17.3. The van der Waals surface area contributed by atoms with Crippen LogP contribution in [-0.2, 0) is 14.3 Å². The second kappa shape index (κ2) is 8.20. The van der Waals surface area contributed by atoms with Crippen molar-refractivity contribution in [1.29, 1.82) is 0 Å². The molecular formula is C8H18O4. The van der Waals surface area contributed by atoms with E-state index in [0.29, 0.717) is 6.29 Å². The molecule has 0 radical (unpaired) electrons. The molecule has 0 aliphatic heterocycles. The van der Waals surface area contributed by atoms with Gasteiger partial charge in [-0.2, -0.15) is 0 Å². The van der Waals surface area contributed by atoms with Crippen LogP contribution in [0.2, 0.25) is 0 Å². The summed E-state index contributed by atoms with van der Waals surface area (Å²) in [5.74, 6) is -0.778. The molecule has 74 valence electrons. The maximum atomic E-state index is 10.5. The number of aliphatic hydroxyl groups is 1. The minimum absolute atomic E-state index is 0. The van der Waals surface area contributed by atoms with E-state index < -0.39 is 18.2 Å². The second-order valence-corrected chi connectivity index (χ2v) is 1.95. The Balaban J connectivity index is -0.000000405. The minimum atomic E-state index is -1.16. The quantitative estimate of drug-likeness (QED) is 0.512. The van der Waals surface area contributed by atoms with Crippen LogP contribution in [0, 0.1) is 0 Å². The van der Waals surface area contributed by atoms with E-state index in [9.17, 15) is 9.59 Å². The van der Waals surface area contributed by atoms with Gasteiger partial charge in [-0.05, 0) is 13.8 Å². The molecule has 0 aromatic carbocycles. The average Bonchev–Trinajstić information content (AvgIpc) is 1.87. The van der Waals surface area contributed by atoms with Crippen LogP contribution < -0.4 is 0 Å². The molecule has 0 aromatic heterocycles. The number of aldehydes is 1. The first-order valence-electron chi connectivity index (χ1n) is 2.91. The van der Waals surface area contributed by atoms with Gasteiger partial charge in [0.05, 0.1) is 0 Å². The van der Waals surface area contributed by atoms with Crippen LogP contribution >= 0.6 is 0 Å². The number of carbonyl (C=O) groups excluding carboxylic acids is 2. The molecule has 0 fully saturated rings. The molecule has 0 spiro atoms. The normalized spacial score (nSPS) is 12.9. The van der Waals surface area contributed by atoms with Gasteiger partial charge in [-0.15, -0.1) is 0 Å². The molecule has 0 aromatic rings. The molecule has 0 bridgehead atoms. The zero-order chi connectivity index (χ0) is 8.15. The zero-order valence-corrected chi connectivity index (χ0v) is 5.90. The number of hydrogen-bond acceptors (Lipinski definition) is 4. The van der Waals surface area contributed by atoms with E-state index in [1.807, 2.05) is 0 Å². The monoisotopic (exact) mass is 178 g/mol. The molecule has 0 amide bonds. The van der Waals surface area contributed by atoms with Gasteiger partial charge >= 0.3 is 5.97 Å².